The Labute approximate surface area is 156 Å². The Morgan fingerprint density at radius 1 is 1.26 bits per heavy atom. The van der Waals surface area contributed by atoms with Crippen LogP contribution in [0.1, 0.15) is 35.0 Å². The first-order valence-corrected chi connectivity index (χ1v) is 8.97. The fourth-order valence-electron chi connectivity index (χ4n) is 3.31. The van der Waals surface area contributed by atoms with Gasteiger partial charge in [-0.05, 0) is 44.2 Å². The Morgan fingerprint density at radius 3 is 2.96 bits per heavy atom. The highest BCUT2D eigenvalue weighted by Gasteiger charge is 2.27. The molecule has 1 aliphatic carbocycles. The SMILES string of the molecule is Cc1ncc2c(n1)CCC(C(=O)OCc1nc(-c3ccccc3C)no1)C2. The third-order valence-electron chi connectivity index (χ3n) is 4.80. The third-order valence-corrected chi connectivity index (χ3v) is 4.80. The maximum Gasteiger partial charge on any atom is 0.309 e. The molecular formula is C20H20N4O3. The Hall–Kier alpha value is -3.09. The summed E-state index contributed by atoms with van der Waals surface area (Å²) in [5, 5.41) is 3.98. The molecule has 1 aliphatic rings. The van der Waals surface area contributed by atoms with E-state index in [0.29, 0.717) is 12.2 Å². The normalized spacial score (nSPS) is 16.0. The summed E-state index contributed by atoms with van der Waals surface area (Å²) in [6.45, 7) is 3.83. The standard InChI is InChI=1S/C20H20N4O3/c1-12-5-3-4-6-16(12)19-23-18(27-24-19)11-26-20(25)14-7-8-17-15(9-14)10-21-13(2)22-17/h3-6,10,14H,7-9,11H2,1-2H3. The monoisotopic (exact) mass is 364 g/mol. The maximum atomic E-state index is 12.4. The maximum absolute atomic E-state index is 12.4. The van der Waals surface area contributed by atoms with E-state index in [1.54, 1.807) is 0 Å². The fourth-order valence-corrected chi connectivity index (χ4v) is 3.31. The number of carbonyl (C=O) groups excluding carboxylic acids is 1. The summed E-state index contributed by atoms with van der Waals surface area (Å²) in [5.41, 5.74) is 4.01. The van der Waals surface area contributed by atoms with Gasteiger partial charge in [0.05, 0.1) is 5.92 Å². The lowest BCUT2D eigenvalue weighted by Crippen LogP contribution is -2.25. The molecule has 2 aromatic heterocycles. The van der Waals surface area contributed by atoms with Crippen LogP contribution in [0, 0.1) is 19.8 Å². The van der Waals surface area contributed by atoms with Crippen molar-refractivity contribution in [2.75, 3.05) is 0 Å². The number of nitrogens with zero attached hydrogens (tertiary/aromatic N) is 4. The summed E-state index contributed by atoms with van der Waals surface area (Å²) in [6.07, 6.45) is 3.90. The number of aromatic nitrogens is 4. The van der Waals surface area contributed by atoms with Crippen LogP contribution >= 0.6 is 0 Å². The molecule has 1 aromatic carbocycles. The van der Waals surface area contributed by atoms with Gasteiger partial charge in [-0.1, -0.05) is 29.4 Å². The topological polar surface area (TPSA) is 91.0 Å². The van der Waals surface area contributed by atoms with Gasteiger partial charge in [-0.2, -0.15) is 4.98 Å². The molecule has 0 spiro atoms. The molecule has 4 rings (SSSR count). The second-order valence-electron chi connectivity index (χ2n) is 6.76. The highest BCUT2D eigenvalue weighted by Crippen LogP contribution is 2.25. The van der Waals surface area contributed by atoms with Gasteiger partial charge in [0.2, 0.25) is 5.82 Å². The number of hydrogen-bond acceptors (Lipinski definition) is 7. The lowest BCUT2D eigenvalue weighted by Gasteiger charge is -2.22. The lowest BCUT2D eigenvalue weighted by molar-refractivity contribution is -0.151. The molecule has 0 saturated carbocycles. The number of benzene rings is 1. The molecule has 0 saturated heterocycles. The lowest BCUT2D eigenvalue weighted by atomic mass is 9.87. The molecule has 138 valence electrons. The van der Waals surface area contributed by atoms with Crippen LogP contribution in [0.3, 0.4) is 0 Å². The van der Waals surface area contributed by atoms with Gasteiger partial charge in [-0.15, -0.1) is 0 Å². The fraction of sp³-hybridized carbons (Fsp3) is 0.350. The molecule has 0 aliphatic heterocycles. The molecule has 0 bridgehead atoms. The molecule has 3 aromatic rings. The average Bonchev–Trinajstić information content (AvgIpc) is 3.15. The van der Waals surface area contributed by atoms with Crippen molar-refractivity contribution in [1.29, 1.82) is 0 Å². The molecule has 1 atom stereocenters. The van der Waals surface area contributed by atoms with Crippen LogP contribution in [-0.4, -0.2) is 26.1 Å². The summed E-state index contributed by atoms with van der Waals surface area (Å²) >= 11 is 0. The van der Waals surface area contributed by atoms with E-state index in [2.05, 4.69) is 20.1 Å². The van der Waals surface area contributed by atoms with Crippen molar-refractivity contribution in [2.24, 2.45) is 5.92 Å². The Bertz CT molecular complexity index is 983. The summed E-state index contributed by atoms with van der Waals surface area (Å²) in [4.78, 5) is 25.4. The van der Waals surface area contributed by atoms with E-state index >= 15 is 0 Å². The predicted molar refractivity (Wildman–Crippen MR) is 96.6 cm³/mol. The van der Waals surface area contributed by atoms with E-state index in [1.165, 1.54) is 0 Å². The van der Waals surface area contributed by atoms with Crippen molar-refractivity contribution in [3.8, 4) is 11.4 Å². The zero-order valence-electron chi connectivity index (χ0n) is 15.3. The molecule has 0 radical (unpaired) electrons. The Balaban J connectivity index is 1.38. The van der Waals surface area contributed by atoms with Gasteiger partial charge in [0.1, 0.15) is 5.82 Å². The van der Waals surface area contributed by atoms with Gasteiger partial charge in [-0.25, -0.2) is 9.97 Å². The van der Waals surface area contributed by atoms with Crippen molar-refractivity contribution >= 4 is 5.97 Å². The van der Waals surface area contributed by atoms with E-state index in [4.69, 9.17) is 9.26 Å². The summed E-state index contributed by atoms with van der Waals surface area (Å²) in [5.74, 6) is 1.10. The predicted octanol–water partition coefficient (Wildman–Crippen LogP) is 2.99. The minimum atomic E-state index is -0.253. The molecule has 0 fully saturated rings. The van der Waals surface area contributed by atoms with Gasteiger partial charge >= 0.3 is 5.97 Å². The first-order chi connectivity index (χ1) is 13.1. The minimum Gasteiger partial charge on any atom is -0.455 e. The van der Waals surface area contributed by atoms with Crippen LogP contribution < -0.4 is 0 Å². The van der Waals surface area contributed by atoms with Crippen molar-refractivity contribution in [3.63, 3.8) is 0 Å². The van der Waals surface area contributed by atoms with Crippen LogP contribution in [-0.2, 0) is 29.0 Å². The number of ether oxygens (including phenoxy) is 1. The number of carbonyl (C=O) groups is 1. The summed E-state index contributed by atoms with van der Waals surface area (Å²) in [6, 6.07) is 7.79. The largest absolute Gasteiger partial charge is 0.455 e. The quantitative estimate of drug-likeness (QED) is 0.657. The van der Waals surface area contributed by atoms with Gasteiger partial charge < -0.3 is 9.26 Å². The van der Waals surface area contributed by atoms with E-state index in [-0.39, 0.29) is 24.4 Å². The van der Waals surface area contributed by atoms with Crippen molar-refractivity contribution in [1.82, 2.24) is 20.1 Å². The van der Waals surface area contributed by atoms with Gasteiger partial charge in [0, 0.05) is 17.5 Å². The number of rotatable bonds is 4. The molecule has 2 heterocycles. The van der Waals surface area contributed by atoms with E-state index in [9.17, 15) is 4.79 Å². The number of fused-ring (bicyclic) bond motifs is 1. The van der Waals surface area contributed by atoms with Crippen molar-refractivity contribution in [3.05, 3.63) is 59.0 Å². The first kappa shape index (κ1) is 17.3. The molecule has 7 heteroatoms. The molecule has 7 nitrogen and oxygen atoms in total. The Morgan fingerprint density at radius 2 is 2.11 bits per heavy atom. The second kappa shape index (κ2) is 7.26. The second-order valence-corrected chi connectivity index (χ2v) is 6.76. The highest BCUT2D eigenvalue weighted by molar-refractivity contribution is 5.73. The van der Waals surface area contributed by atoms with Crippen LogP contribution in [0.25, 0.3) is 11.4 Å². The highest BCUT2D eigenvalue weighted by atomic mass is 16.6. The summed E-state index contributed by atoms with van der Waals surface area (Å²) in [7, 11) is 0. The Kier molecular flexibility index (Phi) is 4.66. The molecule has 1 unspecified atom stereocenters. The molecule has 27 heavy (non-hydrogen) atoms. The van der Waals surface area contributed by atoms with Crippen molar-refractivity contribution < 1.29 is 14.1 Å². The minimum absolute atomic E-state index is 0.0224. The van der Waals surface area contributed by atoms with Crippen LogP contribution in [0.15, 0.2) is 35.0 Å². The molecule has 0 amide bonds. The van der Waals surface area contributed by atoms with Crippen LogP contribution in [0.4, 0.5) is 0 Å². The van der Waals surface area contributed by atoms with Crippen LogP contribution in [0.2, 0.25) is 0 Å². The summed E-state index contributed by atoms with van der Waals surface area (Å²) < 4.78 is 10.6. The third kappa shape index (κ3) is 3.72. The zero-order chi connectivity index (χ0) is 18.8. The smallest absolute Gasteiger partial charge is 0.309 e. The molecule has 0 N–H and O–H groups in total. The van der Waals surface area contributed by atoms with Crippen LogP contribution in [0.5, 0.6) is 0 Å². The number of esters is 1. The van der Waals surface area contributed by atoms with E-state index < -0.39 is 0 Å². The van der Waals surface area contributed by atoms with Crippen molar-refractivity contribution in [2.45, 2.75) is 39.7 Å². The first-order valence-electron chi connectivity index (χ1n) is 8.97. The van der Waals surface area contributed by atoms with Gasteiger partial charge in [0.15, 0.2) is 6.61 Å². The number of hydrogen-bond donors (Lipinski definition) is 0. The van der Waals surface area contributed by atoms with E-state index in [1.807, 2.05) is 44.3 Å². The molecular weight excluding hydrogens is 344 g/mol. The van der Waals surface area contributed by atoms with Gasteiger partial charge in [-0.3, -0.25) is 4.79 Å². The average molecular weight is 364 g/mol. The number of aryl methyl sites for hydroxylation is 3. The van der Waals surface area contributed by atoms with Gasteiger partial charge in [0.25, 0.3) is 5.89 Å². The zero-order valence-corrected chi connectivity index (χ0v) is 15.3. The van der Waals surface area contributed by atoms with E-state index in [0.717, 1.165) is 41.1 Å².